The molecule has 0 saturated carbocycles. The Morgan fingerprint density at radius 1 is 0.953 bits per heavy atom. The molecule has 0 saturated heterocycles. The molecule has 0 aliphatic rings. The van der Waals surface area contributed by atoms with Crippen molar-refractivity contribution in [3.8, 4) is 45.1 Å². The lowest BCUT2D eigenvalue weighted by Gasteiger charge is -2.28. The number of fused-ring (bicyclic) bond motifs is 1. The maximum absolute atomic E-state index is 13.6. The summed E-state index contributed by atoms with van der Waals surface area (Å²) in [6.45, 7) is 11.1. The van der Waals surface area contributed by atoms with Crippen LogP contribution in [0.4, 0.5) is 4.39 Å². The summed E-state index contributed by atoms with van der Waals surface area (Å²) in [6, 6.07) is 18.4. The Hall–Kier alpha value is -4.76. The second kappa shape index (κ2) is 11.5. The minimum absolute atomic E-state index is 0.0923. The molecule has 0 radical (unpaired) electrons. The first-order valence-corrected chi connectivity index (χ1v) is 14.0. The van der Waals surface area contributed by atoms with Gasteiger partial charge in [0.1, 0.15) is 17.3 Å². The lowest BCUT2D eigenvalue weighted by Crippen LogP contribution is -2.30. The molecule has 2 N–H and O–H groups in total. The number of carbonyl (C=O) groups excluding carboxylic acids is 1. The molecule has 3 aromatic carbocycles. The Morgan fingerprint density at radius 3 is 2.37 bits per heavy atom. The van der Waals surface area contributed by atoms with Gasteiger partial charge in [0.15, 0.2) is 11.8 Å². The molecule has 222 valence electrons. The van der Waals surface area contributed by atoms with E-state index >= 15 is 0 Å². The van der Waals surface area contributed by atoms with Crippen molar-refractivity contribution >= 4 is 11.6 Å². The van der Waals surface area contributed by atoms with Crippen molar-refractivity contribution in [2.24, 2.45) is 0 Å². The Morgan fingerprint density at radius 2 is 1.70 bits per heavy atom. The Balaban J connectivity index is 1.76. The number of carbonyl (C=O) groups is 1. The normalized spacial score (nSPS) is 12.4. The van der Waals surface area contributed by atoms with Gasteiger partial charge in [0.05, 0.1) is 23.6 Å². The monoisotopic (exact) mass is 583 g/mol. The van der Waals surface area contributed by atoms with Crippen molar-refractivity contribution in [3.05, 3.63) is 89.4 Å². The first kappa shape index (κ1) is 29.7. The van der Waals surface area contributed by atoms with Gasteiger partial charge >= 0.3 is 5.97 Å². The van der Waals surface area contributed by atoms with Crippen LogP contribution in [0.2, 0.25) is 0 Å². The van der Waals surface area contributed by atoms with E-state index in [0.29, 0.717) is 50.5 Å². The van der Waals surface area contributed by atoms with Gasteiger partial charge in [0.2, 0.25) is 0 Å². The zero-order valence-electron chi connectivity index (χ0n) is 25.0. The molecule has 9 heteroatoms. The SMILES string of the molecule is CCOC(=O)[C@@H](OC(C)(C)C)c1c(C)nc2cc(-c3cccc(-c4ccc(F)cc4O)c3)nn2c1-c1ccc(C)c(O)c1. The third-order valence-electron chi connectivity index (χ3n) is 6.98. The van der Waals surface area contributed by atoms with Crippen LogP contribution in [0.15, 0.2) is 66.7 Å². The molecule has 8 nitrogen and oxygen atoms in total. The molecule has 0 unspecified atom stereocenters. The molecule has 0 spiro atoms. The second-order valence-electron chi connectivity index (χ2n) is 11.4. The highest BCUT2D eigenvalue weighted by Crippen LogP contribution is 2.39. The Bertz CT molecular complexity index is 1840. The van der Waals surface area contributed by atoms with Crippen LogP contribution in [-0.2, 0) is 14.3 Å². The molecule has 1 atom stereocenters. The molecule has 43 heavy (non-hydrogen) atoms. The number of phenols is 2. The van der Waals surface area contributed by atoms with Gasteiger partial charge in [-0.25, -0.2) is 18.7 Å². The zero-order valence-corrected chi connectivity index (χ0v) is 25.0. The summed E-state index contributed by atoms with van der Waals surface area (Å²) in [5.74, 6) is -1.16. The number of aromatic hydroxyl groups is 2. The van der Waals surface area contributed by atoms with Crippen LogP contribution in [0.1, 0.15) is 50.6 Å². The number of hydrogen-bond acceptors (Lipinski definition) is 7. The highest BCUT2D eigenvalue weighted by molar-refractivity contribution is 5.83. The van der Waals surface area contributed by atoms with Gasteiger partial charge in [-0.05, 0) is 76.9 Å². The number of aromatic nitrogens is 3. The quantitative estimate of drug-likeness (QED) is 0.193. The van der Waals surface area contributed by atoms with E-state index in [1.165, 1.54) is 12.1 Å². The summed E-state index contributed by atoms with van der Waals surface area (Å²) in [7, 11) is 0. The number of phenolic OH excluding ortho intramolecular Hbond substituents is 2. The largest absolute Gasteiger partial charge is 0.508 e. The predicted molar refractivity (Wildman–Crippen MR) is 162 cm³/mol. The summed E-state index contributed by atoms with van der Waals surface area (Å²) >= 11 is 0. The standard InChI is InChI=1S/C34H34FN3O5/c1-7-42-33(41)32(43-34(4,5)6)30-20(3)36-29-18-26(37-38(29)31(30)23-12-11-19(2)27(39)16-23)22-10-8-9-21(15-22)25-14-13-24(35)17-28(25)40/h8-18,32,39-40H,7H2,1-6H3/t32-/m0/s1. The molecule has 0 amide bonds. The fourth-order valence-electron chi connectivity index (χ4n) is 5.01. The van der Waals surface area contributed by atoms with Crippen LogP contribution in [0.5, 0.6) is 11.5 Å². The minimum Gasteiger partial charge on any atom is -0.508 e. The number of nitrogens with zero attached hydrogens (tertiary/aromatic N) is 3. The van der Waals surface area contributed by atoms with Crippen molar-refractivity contribution < 1.29 is 28.9 Å². The summed E-state index contributed by atoms with van der Waals surface area (Å²) in [5, 5.41) is 25.9. The van der Waals surface area contributed by atoms with Crippen molar-refractivity contribution in [3.63, 3.8) is 0 Å². The fourth-order valence-corrected chi connectivity index (χ4v) is 5.01. The van der Waals surface area contributed by atoms with Crippen LogP contribution in [0.25, 0.3) is 39.3 Å². The Kier molecular flexibility index (Phi) is 7.94. The predicted octanol–water partition coefficient (Wildman–Crippen LogP) is 7.32. The third-order valence-corrected chi connectivity index (χ3v) is 6.98. The maximum Gasteiger partial charge on any atom is 0.340 e. The van der Waals surface area contributed by atoms with E-state index in [9.17, 15) is 19.4 Å². The van der Waals surface area contributed by atoms with Gasteiger partial charge in [-0.3, -0.25) is 0 Å². The van der Waals surface area contributed by atoms with E-state index in [2.05, 4.69) is 0 Å². The fraction of sp³-hybridized carbons (Fsp3) is 0.265. The van der Waals surface area contributed by atoms with E-state index in [1.54, 1.807) is 37.4 Å². The van der Waals surface area contributed by atoms with Gasteiger partial charge in [-0.1, -0.05) is 30.3 Å². The van der Waals surface area contributed by atoms with Gasteiger partial charge < -0.3 is 19.7 Å². The van der Waals surface area contributed by atoms with Gasteiger partial charge in [0.25, 0.3) is 0 Å². The average Bonchev–Trinajstić information content (AvgIpc) is 3.36. The highest BCUT2D eigenvalue weighted by atomic mass is 19.1. The number of benzene rings is 3. The van der Waals surface area contributed by atoms with Gasteiger partial charge in [-0.15, -0.1) is 0 Å². The molecule has 0 fully saturated rings. The molecule has 2 aromatic heterocycles. The number of aryl methyl sites for hydroxylation is 2. The maximum atomic E-state index is 13.6. The minimum atomic E-state index is -1.12. The van der Waals surface area contributed by atoms with Crippen molar-refractivity contribution in [2.75, 3.05) is 6.61 Å². The number of rotatable bonds is 7. The molecule has 0 aliphatic heterocycles. The van der Waals surface area contributed by atoms with E-state index in [4.69, 9.17) is 19.6 Å². The molecule has 0 aliphatic carbocycles. The van der Waals surface area contributed by atoms with Crippen molar-refractivity contribution in [1.82, 2.24) is 14.6 Å². The number of hydrogen-bond donors (Lipinski definition) is 2. The smallest absolute Gasteiger partial charge is 0.340 e. The molecular weight excluding hydrogens is 549 g/mol. The molecule has 0 bridgehead atoms. The number of esters is 1. The van der Waals surface area contributed by atoms with Crippen LogP contribution in [-0.4, -0.2) is 43.0 Å². The van der Waals surface area contributed by atoms with E-state index in [0.717, 1.165) is 11.6 Å². The Labute approximate surface area is 249 Å². The zero-order chi connectivity index (χ0) is 31.1. The van der Waals surface area contributed by atoms with E-state index < -0.39 is 23.5 Å². The molecular formula is C34H34FN3O5. The second-order valence-corrected chi connectivity index (χ2v) is 11.4. The first-order chi connectivity index (χ1) is 20.4. The highest BCUT2D eigenvalue weighted by Gasteiger charge is 2.34. The van der Waals surface area contributed by atoms with Gasteiger partial charge in [-0.2, -0.15) is 5.10 Å². The number of ether oxygens (including phenoxy) is 2. The van der Waals surface area contributed by atoms with Crippen LogP contribution in [0, 0.1) is 19.7 Å². The number of halogens is 1. The van der Waals surface area contributed by atoms with Crippen molar-refractivity contribution in [1.29, 1.82) is 0 Å². The van der Waals surface area contributed by atoms with Crippen LogP contribution < -0.4 is 0 Å². The summed E-state index contributed by atoms with van der Waals surface area (Å²) < 4.78 is 27.0. The first-order valence-electron chi connectivity index (χ1n) is 14.0. The average molecular weight is 584 g/mol. The van der Waals surface area contributed by atoms with Crippen molar-refractivity contribution in [2.45, 2.75) is 53.2 Å². The van der Waals surface area contributed by atoms with Gasteiger partial charge in [0, 0.05) is 40.1 Å². The lowest BCUT2D eigenvalue weighted by atomic mass is 9.98. The topological polar surface area (TPSA) is 106 Å². The van der Waals surface area contributed by atoms with Crippen LogP contribution >= 0.6 is 0 Å². The lowest BCUT2D eigenvalue weighted by molar-refractivity contribution is -0.166. The third kappa shape index (κ3) is 6.08. The molecule has 5 aromatic rings. The molecule has 2 heterocycles. The summed E-state index contributed by atoms with van der Waals surface area (Å²) in [6.07, 6.45) is -1.12. The van der Waals surface area contributed by atoms with E-state index in [1.807, 2.05) is 57.2 Å². The summed E-state index contributed by atoms with van der Waals surface area (Å²) in [5.41, 5.74) is 5.14. The van der Waals surface area contributed by atoms with E-state index in [-0.39, 0.29) is 18.1 Å². The van der Waals surface area contributed by atoms with Crippen LogP contribution in [0.3, 0.4) is 0 Å². The summed E-state index contributed by atoms with van der Waals surface area (Å²) in [4.78, 5) is 18.2. The molecule has 5 rings (SSSR count).